The Kier molecular flexibility index (Phi) is 66.4. The van der Waals surface area contributed by atoms with Gasteiger partial charge in [0.15, 0.2) is 23.2 Å². The highest BCUT2D eigenvalue weighted by atomic mass is 33.1. The van der Waals surface area contributed by atoms with Crippen LogP contribution in [0.4, 0.5) is 5.82 Å². The van der Waals surface area contributed by atoms with Gasteiger partial charge in [0.1, 0.15) is 90.9 Å². The zero-order valence-electron chi connectivity index (χ0n) is 84.3. The van der Waals surface area contributed by atoms with Crippen molar-refractivity contribution in [1.29, 1.82) is 5.41 Å². The Morgan fingerprint density at radius 3 is 1.12 bits per heavy atom. The van der Waals surface area contributed by atoms with E-state index in [4.69, 9.17) is 68.5 Å². The number of aromatic nitrogens is 4. The van der Waals surface area contributed by atoms with E-state index in [1.165, 1.54) is 29.0 Å². The molecule has 3 aromatic rings. The Bertz CT molecular complexity index is 4670. The van der Waals surface area contributed by atoms with E-state index in [-0.39, 0.29) is 191 Å². The molecule has 0 aliphatic carbocycles. The fraction of sp³-hybridized carbons (Fsp3) is 0.659. The topological polar surface area (TPSA) is 926 Å². The number of carbonyl (C=O) groups is 19. The Morgan fingerprint density at radius 1 is 0.372 bits per heavy atom. The molecule has 0 unspecified atom stereocenters. The van der Waals surface area contributed by atoms with Crippen LogP contribution >= 0.6 is 21.6 Å². The highest BCUT2D eigenvalue weighted by Gasteiger charge is 2.37. The number of unbranched alkanes of at least 4 members (excludes halogenated alkanes) is 8. The number of ketones is 1. The molecule has 0 aliphatic heterocycles. The standard InChI is InChI=1S/C91H158N34O21S2/c1-56(126)112-60(25-6-14-34-93)81(135)117-65(30-11-19-39-98)86(140)123-69(80(134)107-47-71(128)106-48-73(130)113-61(26-7-15-35-94)82(136)118-63(28-9-17-37-96)84(138)120-66(89(143)144)31-12-20-40-99)52-147-148-53-70(115-72(129)46-104-45-58(127)50-124(43-41-100)75(132)51-125-55-111-76-77(101)109-54-110-78(76)125)88(142)116-59(24-5-13-33-92)79(133)108-49-74(131)114-62(27-8-16-36-95)83(137)122-68(44-57-22-3-2-4-23-57)87(141)119-64(29-10-18-38-97)85(139)121-67(90(145)146)32-21-42-105-91(102)103/h2-4,22-23,54-55,59-70,104H,5-21,24-53,92-100H2,1H3,(H,106,128)(H,107,134)(H,108,133)(H,112,126)(H,113,130)(H,114,131)(H,115,129)(H,116,142)(H,117,135)(H,118,136)(H,119,141)(H,120,138)(H,121,139)(H,122,137)(H,123,140)(H,143,144)(H,145,146)(H2,101,109,110)(H4,102,103,105)/t59-,60-,61-,62-,63-,64-,65-,66-,67-,68-,69-,70-/m0/s1. The van der Waals surface area contributed by atoms with Crippen molar-refractivity contribution >= 4 is 157 Å². The van der Waals surface area contributed by atoms with E-state index in [2.05, 4.69) is 105 Å². The largest absolute Gasteiger partial charge is 0.480 e. The minimum absolute atomic E-state index is 0.00916. The highest BCUT2D eigenvalue weighted by molar-refractivity contribution is 8.76. The first-order chi connectivity index (χ1) is 70.9. The number of carbonyl (C=O) groups excluding carboxylic acids is 17. The molecule has 12 atom stereocenters. The summed E-state index contributed by atoms with van der Waals surface area (Å²) in [5.74, 6) is -18.4. The number of anilines is 1. The maximum atomic E-state index is 15.0. The van der Waals surface area contributed by atoms with E-state index in [9.17, 15) is 96.5 Å². The van der Waals surface area contributed by atoms with Crippen LogP contribution in [-0.4, -0.2) is 348 Å². The van der Waals surface area contributed by atoms with Crippen molar-refractivity contribution in [3.05, 3.63) is 48.5 Å². The number of nitrogens with zero attached hydrogens (tertiary/aromatic N) is 5. The van der Waals surface area contributed by atoms with Crippen molar-refractivity contribution in [3.63, 3.8) is 0 Å². The van der Waals surface area contributed by atoms with Crippen LogP contribution < -0.4 is 153 Å². The number of carboxylic acids is 2. The molecule has 0 radical (unpaired) electrons. The lowest BCUT2D eigenvalue weighted by Gasteiger charge is -2.26. The van der Waals surface area contributed by atoms with E-state index < -0.39 is 236 Å². The zero-order valence-corrected chi connectivity index (χ0v) is 85.9. The van der Waals surface area contributed by atoms with Gasteiger partial charge in [0, 0.05) is 44.5 Å². The molecular formula is C91H158N34O21S2. The SMILES string of the molecule is CC(=O)N[C@@H](CCCCN)C(=O)N[C@@H](CCCCN)C(=O)N[C@@H](CSSC[C@H](NC(=O)CNCC(=O)CN(CCN)C(=O)Cn1cnc2c(N)ncnc21)C(=O)N[C@@H](CCCCN)C(=O)NCC(=O)N[C@@H](CCCCN)C(=O)N[C@@H](Cc1ccccc1)C(=O)N[C@@H](CCCCN)C(=O)N[C@@H](CCCNC(=N)N)C(=O)O)C(=O)NCC(=O)NCC(=O)N[C@@H](CCCCN)C(=O)N[C@@H](CCCCN)C(=O)N[C@@H](CCCCN)C(=O)O. The zero-order chi connectivity index (χ0) is 110. The van der Waals surface area contributed by atoms with Crippen molar-refractivity contribution in [2.24, 2.45) is 57.3 Å². The number of nitrogens with two attached hydrogens (primary N) is 11. The average Bonchev–Trinajstić information content (AvgIpc) is 1.66. The van der Waals surface area contributed by atoms with E-state index in [1.54, 1.807) is 30.3 Å². The highest BCUT2D eigenvalue weighted by Crippen LogP contribution is 2.25. The summed E-state index contributed by atoms with van der Waals surface area (Å²) in [6, 6.07) is -8.56. The molecule has 3 rings (SSSR count). The normalized spacial score (nSPS) is 13.5. The molecule has 2 aromatic heterocycles. The Hall–Kier alpha value is -12.7. The van der Waals surface area contributed by atoms with Crippen molar-refractivity contribution < 1.29 is 101 Å². The monoisotopic (exact) mass is 2130 g/mol. The summed E-state index contributed by atoms with van der Waals surface area (Å²) in [5.41, 5.74) is 64.5. The minimum Gasteiger partial charge on any atom is -0.480 e. The second kappa shape index (κ2) is 75.9. The number of nitrogen functional groups attached to an aromatic ring is 1. The first-order valence-electron chi connectivity index (χ1n) is 49.9. The van der Waals surface area contributed by atoms with Crippen LogP contribution in [0.2, 0.25) is 0 Å². The number of fused-ring (bicyclic) bond motifs is 1. The number of aliphatic carboxylic acids is 2. The smallest absolute Gasteiger partial charge is 0.326 e. The van der Waals surface area contributed by atoms with E-state index in [1.807, 2.05) is 0 Å². The summed E-state index contributed by atoms with van der Waals surface area (Å²) in [5, 5.41) is 71.2. The van der Waals surface area contributed by atoms with Crippen LogP contribution in [0.15, 0.2) is 43.0 Å². The third kappa shape index (κ3) is 53.8. The minimum atomic E-state index is -1.67. The number of carboxylic acid groups (broad SMARTS) is 2. The molecule has 0 spiro atoms. The van der Waals surface area contributed by atoms with Crippen LogP contribution in [0.1, 0.15) is 179 Å². The number of Topliss-reactive ketones (excluding diaryl/α,β-unsaturated/α-hetero) is 1. The van der Waals surface area contributed by atoms with Gasteiger partial charge in [-0.2, -0.15) is 0 Å². The number of rotatable bonds is 83. The second-order valence-corrected chi connectivity index (χ2v) is 37.6. The van der Waals surface area contributed by atoms with Gasteiger partial charge >= 0.3 is 11.9 Å². The molecule has 0 aliphatic rings. The fourth-order valence-corrected chi connectivity index (χ4v) is 17.1. The average molecular weight is 2130 g/mol. The van der Waals surface area contributed by atoms with Crippen LogP contribution in [0.3, 0.4) is 0 Å². The summed E-state index contributed by atoms with van der Waals surface area (Å²) in [6.45, 7) is -1.78. The van der Waals surface area contributed by atoms with Crippen LogP contribution in [0.25, 0.3) is 11.2 Å². The van der Waals surface area contributed by atoms with Gasteiger partial charge in [0.25, 0.3) is 0 Å². The quantitative estimate of drug-likeness (QED) is 0.0108. The summed E-state index contributed by atoms with van der Waals surface area (Å²) >= 11 is 0. The first kappa shape index (κ1) is 129. The number of benzene rings is 1. The molecule has 16 amide bonds. The van der Waals surface area contributed by atoms with Gasteiger partial charge in [-0.25, -0.2) is 24.5 Å². The molecule has 57 heteroatoms. The van der Waals surface area contributed by atoms with Gasteiger partial charge in [-0.05, 0) is 225 Å². The van der Waals surface area contributed by atoms with Crippen molar-refractivity contribution in [1.82, 2.24) is 115 Å². The van der Waals surface area contributed by atoms with Crippen LogP contribution in [0.5, 0.6) is 0 Å². The molecule has 42 N–H and O–H groups in total. The van der Waals surface area contributed by atoms with Gasteiger partial charge < -0.3 is 173 Å². The second-order valence-electron chi connectivity index (χ2n) is 35.1. The maximum absolute atomic E-state index is 15.0. The molecular weight excluding hydrogens is 1970 g/mol. The number of amides is 16. The number of hydrogen-bond donors (Lipinski definition) is 31. The lowest BCUT2D eigenvalue weighted by atomic mass is 10.0. The third-order valence-corrected chi connectivity index (χ3v) is 25.2. The Morgan fingerprint density at radius 2 is 0.709 bits per heavy atom. The first-order valence-corrected chi connectivity index (χ1v) is 52.3. The number of hydrogen-bond acceptors (Lipinski definition) is 36. The van der Waals surface area contributed by atoms with Gasteiger partial charge in [0.2, 0.25) is 94.5 Å². The van der Waals surface area contributed by atoms with Gasteiger partial charge in [-0.1, -0.05) is 51.9 Å². The predicted octanol–water partition coefficient (Wildman–Crippen LogP) is -9.37. The third-order valence-electron chi connectivity index (χ3n) is 22.8. The number of guanidine groups is 1. The number of nitrogens with one attached hydrogen (secondary N) is 18. The summed E-state index contributed by atoms with van der Waals surface area (Å²) in [6.07, 6.45) is 7.87. The molecule has 0 saturated heterocycles. The lowest BCUT2D eigenvalue weighted by Crippen LogP contribution is -2.59. The van der Waals surface area contributed by atoms with Crippen molar-refractivity contribution in [2.75, 3.05) is 129 Å². The van der Waals surface area contributed by atoms with E-state index >= 15 is 4.79 Å². The lowest BCUT2D eigenvalue weighted by molar-refractivity contribution is -0.143. The molecule has 830 valence electrons. The molecule has 2 heterocycles. The van der Waals surface area contributed by atoms with Crippen molar-refractivity contribution in [2.45, 2.75) is 259 Å². The molecule has 0 bridgehead atoms. The fourth-order valence-electron chi connectivity index (χ4n) is 14.8. The summed E-state index contributed by atoms with van der Waals surface area (Å²) in [4.78, 5) is 278. The van der Waals surface area contributed by atoms with Gasteiger partial charge in [-0.15, -0.1) is 0 Å². The van der Waals surface area contributed by atoms with Crippen molar-refractivity contribution in [3.8, 4) is 0 Å². The molecule has 0 fully saturated rings. The van der Waals surface area contributed by atoms with E-state index in [0.29, 0.717) is 89.0 Å². The molecule has 0 saturated carbocycles. The molecule has 55 nitrogen and oxygen atoms in total. The summed E-state index contributed by atoms with van der Waals surface area (Å²) < 4.78 is 1.40. The van der Waals surface area contributed by atoms with Crippen LogP contribution in [-0.2, 0) is 104 Å². The maximum Gasteiger partial charge on any atom is 0.326 e. The Balaban J connectivity index is 2.11. The molecule has 1 aromatic carbocycles. The van der Waals surface area contributed by atoms with Gasteiger partial charge in [0.05, 0.1) is 45.6 Å². The number of imidazole rings is 1. The summed E-state index contributed by atoms with van der Waals surface area (Å²) in [7, 11) is 1.64. The predicted molar refractivity (Wildman–Crippen MR) is 554 cm³/mol. The van der Waals surface area contributed by atoms with Gasteiger partial charge in [-0.3, -0.25) is 86.9 Å². The Labute approximate surface area is 867 Å². The molecule has 148 heavy (non-hydrogen) atoms. The van der Waals surface area contributed by atoms with Crippen LogP contribution in [0, 0.1) is 5.41 Å². The van der Waals surface area contributed by atoms with E-state index in [0.717, 1.165) is 21.6 Å².